The maximum Gasteiger partial charge on any atom is 0.266 e. The Labute approximate surface area is 169 Å². The third-order valence-electron chi connectivity index (χ3n) is 4.72. The quantitative estimate of drug-likeness (QED) is 0.466. The van der Waals surface area contributed by atoms with E-state index in [-0.39, 0.29) is 27.3 Å². The number of nitrogens with one attached hydrogen (secondary N) is 2. The molecule has 154 valence electrons. The molecule has 0 unspecified atom stereocenters. The van der Waals surface area contributed by atoms with Crippen molar-refractivity contribution in [2.75, 3.05) is 24.8 Å². The molecule has 0 saturated heterocycles. The zero-order valence-electron chi connectivity index (χ0n) is 16.4. The molecular weight excluding hydrogens is 406 g/mol. The topological polar surface area (TPSA) is 105 Å². The van der Waals surface area contributed by atoms with E-state index < -0.39 is 20.9 Å². The highest BCUT2D eigenvalue weighted by Crippen LogP contribution is 2.34. The minimum Gasteiger partial charge on any atom is -0.377 e. The first-order chi connectivity index (χ1) is 13.1. The van der Waals surface area contributed by atoms with Gasteiger partial charge in [0.2, 0.25) is 0 Å². The predicted molar refractivity (Wildman–Crippen MR) is 111 cm³/mol. The number of rotatable bonds is 9. The van der Waals surface area contributed by atoms with E-state index in [2.05, 4.69) is 10.6 Å². The zero-order valence-corrected chi connectivity index (χ0v) is 18.0. The largest absolute Gasteiger partial charge is 0.377 e. The van der Waals surface area contributed by atoms with Gasteiger partial charge >= 0.3 is 0 Å². The van der Waals surface area contributed by atoms with Gasteiger partial charge in [-0.2, -0.15) is 0 Å². The normalized spacial score (nSPS) is 12.1. The second-order valence-electron chi connectivity index (χ2n) is 6.34. The first-order valence-electron chi connectivity index (χ1n) is 8.79. The molecule has 10 heteroatoms. The van der Waals surface area contributed by atoms with Crippen LogP contribution in [-0.4, -0.2) is 33.1 Å². The van der Waals surface area contributed by atoms with Gasteiger partial charge in [0.05, 0.1) is 12.1 Å². The number of halogens is 1. The summed E-state index contributed by atoms with van der Waals surface area (Å²) < 4.78 is 26.0. The van der Waals surface area contributed by atoms with Gasteiger partial charge in [-0.3, -0.25) is 14.4 Å². The summed E-state index contributed by atoms with van der Waals surface area (Å²) >= 11 is 6.12. The molecule has 0 radical (unpaired) electrons. The van der Waals surface area contributed by atoms with Crippen molar-refractivity contribution >= 4 is 38.7 Å². The van der Waals surface area contributed by atoms with Crippen LogP contribution in [-0.2, 0) is 14.9 Å². The molecule has 0 aromatic heterocycles. The summed E-state index contributed by atoms with van der Waals surface area (Å²) in [5.41, 5.74) is -0.253. The van der Waals surface area contributed by atoms with Gasteiger partial charge in [-0.05, 0) is 37.5 Å². The molecule has 0 fully saturated rings. The van der Waals surface area contributed by atoms with Crippen LogP contribution in [0.25, 0.3) is 0 Å². The minimum atomic E-state index is -4.01. The average molecular weight is 430 g/mol. The summed E-state index contributed by atoms with van der Waals surface area (Å²) in [6.07, 6.45) is 1.58. The number of anilines is 3. The third kappa shape index (κ3) is 3.93. The molecule has 2 aromatic carbocycles. The van der Waals surface area contributed by atoms with Crippen LogP contribution in [0.15, 0.2) is 26.6 Å². The lowest BCUT2D eigenvalue weighted by atomic mass is 10.1. The van der Waals surface area contributed by atoms with Crippen molar-refractivity contribution < 1.29 is 13.3 Å². The Morgan fingerprint density at radius 3 is 2.25 bits per heavy atom. The molecule has 0 heterocycles. The van der Waals surface area contributed by atoms with Crippen LogP contribution in [0.3, 0.4) is 0 Å². The zero-order chi connectivity index (χ0) is 21.2. The second kappa shape index (κ2) is 8.60. The molecule has 0 amide bonds. The number of benzene rings is 1. The van der Waals surface area contributed by atoms with E-state index in [4.69, 9.17) is 16.4 Å². The van der Waals surface area contributed by atoms with E-state index in [1.807, 2.05) is 13.8 Å². The van der Waals surface area contributed by atoms with Gasteiger partial charge in [0, 0.05) is 18.8 Å². The highest BCUT2D eigenvalue weighted by molar-refractivity contribution is 7.89. The van der Waals surface area contributed by atoms with Crippen molar-refractivity contribution in [3.63, 3.8) is 0 Å². The Morgan fingerprint density at radius 2 is 1.71 bits per heavy atom. The maximum atomic E-state index is 12.7. The van der Waals surface area contributed by atoms with Crippen LogP contribution in [0, 0.1) is 6.92 Å². The van der Waals surface area contributed by atoms with Gasteiger partial charge in [-0.1, -0.05) is 29.9 Å². The lowest BCUT2D eigenvalue weighted by Gasteiger charge is -2.22. The van der Waals surface area contributed by atoms with E-state index in [1.165, 1.54) is 20.2 Å². The molecule has 2 rings (SSSR count). The van der Waals surface area contributed by atoms with Gasteiger partial charge in [-0.25, -0.2) is 8.42 Å². The van der Waals surface area contributed by atoms with Crippen molar-refractivity contribution in [3.05, 3.63) is 43.2 Å². The number of hydrogen-bond donors (Lipinski definition) is 2. The van der Waals surface area contributed by atoms with Crippen LogP contribution in [0.1, 0.15) is 32.3 Å². The summed E-state index contributed by atoms with van der Waals surface area (Å²) in [4.78, 5) is 28.7. The van der Waals surface area contributed by atoms with Gasteiger partial charge in [-0.15, -0.1) is 0 Å². The summed E-state index contributed by atoms with van der Waals surface area (Å²) in [7, 11) is -1.53. The van der Waals surface area contributed by atoms with Gasteiger partial charge in [0.1, 0.15) is 16.3 Å². The Morgan fingerprint density at radius 1 is 1.14 bits per heavy atom. The molecule has 0 spiro atoms. The van der Waals surface area contributed by atoms with Crippen LogP contribution < -0.4 is 21.5 Å². The first-order valence-corrected chi connectivity index (χ1v) is 10.6. The van der Waals surface area contributed by atoms with Crippen molar-refractivity contribution in [1.82, 2.24) is 4.47 Å². The number of nitrogens with zero attached hydrogens (tertiary/aromatic N) is 1. The number of hydroxylamine groups is 1. The van der Waals surface area contributed by atoms with E-state index in [0.717, 1.165) is 12.8 Å². The summed E-state index contributed by atoms with van der Waals surface area (Å²) in [6, 6.07) is 3.02. The fourth-order valence-electron chi connectivity index (χ4n) is 2.82. The lowest BCUT2D eigenvalue weighted by molar-refractivity contribution is -0.0258. The summed E-state index contributed by atoms with van der Waals surface area (Å²) in [5.74, 6) is 0. The van der Waals surface area contributed by atoms with Crippen molar-refractivity contribution in [2.45, 2.75) is 44.6 Å². The molecule has 2 aromatic rings. The smallest absolute Gasteiger partial charge is 0.266 e. The van der Waals surface area contributed by atoms with Gasteiger partial charge in [0.25, 0.3) is 20.9 Å². The van der Waals surface area contributed by atoms with E-state index in [0.29, 0.717) is 15.7 Å². The molecule has 0 aliphatic rings. The van der Waals surface area contributed by atoms with Gasteiger partial charge in [0.15, 0.2) is 0 Å². The number of hydrogen-bond acceptors (Lipinski definition) is 7. The minimum absolute atomic E-state index is 0.0207. The Hall–Kier alpha value is -1.94. The molecule has 0 saturated carbocycles. The standard InChI is InChI=1S/C18H24ClN3O5S/c1-6-11(7-2)20-14-15(17(24)16(14)23)21-13-9-8-12(19)18(10(13)3)28(25,26)22(4)27-5/h8-9,11,20-21H,6-7H2,1-5H3. The summed E-state index contributed by atoms with van der Waals surface area (Å²) in [6.45, 7) is 5.52. The first kappa shape index (κ1) is 22.4. The average Bonchev–Trinajstić information content (AvgIpc) is 2.67. The molecule has 0 aliphatic heterocycles. The Bertz CT molecular complexity index is 1040. The second-order valence-corrected chi connectivity index (χ2v) is 8.62. The molecule has 8 nitrogen and oxygen atoms in total. The molecule has 28 heavy (non-hydrogen) atoms. The van der Waals surface area contributed by atoms with Crippen molar-refractivity contribution in [2.24, 2.45) is 0 Å². The van der Waals surface area contributed by atoms with Crippen LogP contribution in [0.4, 0.5) is 17.1 Å². The monoisotopic (exact) mass is 429 g/mol. The highest BCUT2D eigenvalue weighted by atomic mass is 35.5. The van der Waals surface area contributed by atoms with Crippen LogP contribution in [0.5, 0.6) is 0 Å². The van der Waals surface area contributed by atoms with Gasteiger partial charge < -0.3 is 10.6 Å². The number of sulfonamides is 1. The van der Waals surface area contributed by atoms with E-state index >= 15 is 0 Å². The maximum absolute atomic E-state index is 12.7. The van der Waals surface area contributed by atoms with Crippen molar-refractivity contribution in [1.29, 1.82) is 0 Å². The van der Waals surface area contributed by atoms with Crippen LogP contribution in [0.2, 0.25) is 5.02 Å². The van der Waals surface area contributed by atoms with Crippen LogP contribution >= 0.6 is 11.6 Å². The Kier molecular flexibility index (Phi) is 6.87. The highest BCUT2D eigenvalue weighted by Gasteiger charge is 2.29. The summed E-state index contributed by atoms with van der Waals surface area (Å²) in [5, 5.41) is 5.99. The predicted octanol–water partition coefficient (Wildman–Crippen LogP) is 2.77. The molecule has 0 atom stereocenters. The fourth-order valence-corrected chi connectivity index (χ4v) is 4.58. The molecule has 0 bridgehead atoms. The Balaban J connectivity index is 2.48. The molecule has 2 N–H and O–H groups in total. The molecule has 0 aliphatic carbocycles. The van der Waals surface area contributed by atoms with E-state index in [9.17, 15) is 18.0 Å². The molecular formula is C18H24ClN3O5S. The SMILES string of the molecule is CCC(CC)Nc1c(Nc2ccc(Cl)c(S(=O)(=O)N(C)OC)c2C)c(=O)c1=O. The fraction of sp³-hybridized carbons (Fsp3) is 0.444. The van der Waals surface area contributed by atoms with Crippen molar-refractivity contribution in [3.8, 4) is 0 Å². The lowest BCUT2D eigenvalue weighted by Crippen LogP contribution is -2.39. The van der Waals surface area contributed by atoms with E-state index in [1.54, 1.807) is 13.0 Å². The third-order valence-corrected chi connectivity index (χ3v) is 7.01.